The van der Waals surface area contributed by atoms with Gasteiger partial charge in [0.1, 0.15) is 0 Å². The molecule has 2 aliphatic heterocycles. The van der Waals surface area contributed by atoms with Crippen molar-refractivity contribution in [2.45, 2.75) is 0 Å². The number of hydrogen-bond donors (Lipinski definition) is 0. The van der Waals surface area contributed by atoms with Gasteiger partial charge < -0.3 is 19.3 Å². The molecule has 0 bridgehead atoms. The van der Waals surface area contributed by atoms with E-state index >= 15 is 0 Å². The van der Waals surface area contributed by atoms with Gasteiger partial charge in [-0.2, -0.15) is 0 Å². The molecular weight excluding hydrogens is 546 g/mol. The largest absolute Gasteiger partial charge is 0.378 e. The summed E-state index contributed by atoms with van der Waals surface area (Å²) in [7, 11) is 0. The van der Waals surface area contributed by atoms with E-state index in [0.29, 0.717) is 0 Å². The fourth-order valence-corrected chi connectivity index (χ4v) is 4.33. The molecule has 2 fully saturated rings. The molecule has 0 spiro atoms. The Kier molecular flexibility index (Phi) is 8.58. The summed E-state index contributed by atoms with van der Waals surface area (Å²) in [6.45, 7) is 6.51. The zero-order valence-electron chi connectivity index (χ0n) is 17.1. The van der Waals surface area contributed by atoms with E-state index in [-0.39, 0.29) is 34.0 Å². The zero-order valence-corrected chi connectivity index (χ0v) is 21.3. The lowest BCUT2D eigenvalue weighted by atomic mass is 10.0. The van der Waals surface area contributed by atoms with Crippen LogP contribution >= 0.6 is 45.6 Å². The number of benzene rings is 2. The van der Waals surface area contributed by atoms with E-state index in [1.54, 1.807) is 0 Å². The number of pyridine rings is 1. The van der Waals surface area contributed by atoms with Gasteiger partial charge in [-0.05, 0) is 30.3 Å². The first-order valence-electron chi connectivity index (χ1n) is 10.1. The summed E-state index contributed by atoms with van der Waals surface area (Å²) in [5.41, 5.74) is 5.39. The Labute approximate surface area is 208 Å². The number of rotatable bonds is 3. The molecule has 31 heavy (non-hydrogen) atoms. The van der Waals surface area contributed by atoms with Gasteiger partial charge in [-0.25, -0.2) is 4.98 Å². The summed E-state index contributed by atoms with van der Waals surface area (Å²) < 4.78 is 11.1. The lowest BCUT2D eigenvalue weighted by Crippen LogP contribution is -2.36. The van der Waals surface area contributed by atoms with Gasteiger partial charge in [0, 0.05) is 53.5 Å². The molecular formula is C23H26Br2ClN3O2. The van der Waals surface area contributed by atoms with Gasteiger partial charge >= 0.3 is 0 Å². The van der Waals surface area contributed by atoms with Crippen LogP contribution in [0.15, 0.2) is 48.5 Å². The predicted octanol–water partition coefficient (Wildman–Crippen LogP) is 5.38. The number of fused-ring (bicyclic) bond motifs is 1. The molecule has 2 aliphatic rings. The summed E-state index contributed by atoms with van der Waals surface area (Å²) >= 11 is 6.41. The normalized spacial score (nSPS) is 16.5. The molecule has 2 saturated heterocycles. The molecule has 8 heteroatoms. The number of aromatic nitrogens is 1. The highest BCUT2D eigenvalue weighted by molar-refractivity contribution is 8.93. The molecule has 5 rings (SSSR count). The zero-order chi connectivity index (χ0) is 19.6. The van der Waals surface area contributed by atoms with Crippen LogP contribution in [-0.2, 0) is 9.47 Å². The third kappa shape index (κ3) is 5.17. The molecule has 0 atom stereocenters. The van der Waals surface area contributed by atoms with Crippen molar-refractivity contribution in [3.05, 3.63) is 53.6 Å². The maximum atomic E-state index is 6.41. The Morgan fingerprint density at radius 3 is 2.03 bits per heavy atom. The van der Waals surface area contributed by atoms with E-state index in [0.717, 1.165) is 80.1 Å². The molecule has 0 amide bonds. The van der Waals surface area contributed by atoms with Crippen molar-refractivity contribution in [1.29, 1.82) is 0 Å². The van der Waals surface area contributed by atoms with Crippen LogP contribution in [0.2, 0.25) is 5.02 Å². The number of para-hydroxylation sites is 1. The van der Waals surface area contributed by atoms with Gasteiger partial charge in [0.2, 0.25) is 0 Å². The second-order valence-electron chi connectivity index (χ2n) is 7.40. The number of anilines is 2. The Hall–Kier alpha value is -1.38. The first kappa shape index (κ1) is 24.3. The summed E-state index contributed by atoms with van der Waals surface area (Å²) in [4.78, 5) is 9.78. The van der Waals surface area contributed by atoms with Crippen molar-refractivity contribution in [2.24, 2.45) is 0 Å². The number of halogens is 3. The molecule has 0 unspecified atom stereocenters. The van der Waals surface area contributed by atoms with Crippen LogP contribution in [0.5, 0.6) is 0 Å². The third-order valence-electron chi connectivity index (χ3n) is 5.63. The molecule has 0 aliphatic carbocycles. The molecule has 166 valence electrons. The van der Waals surface area contributed by atoms with Crippen molar-refractivity contribution in [1.82, 2.24) is 4.98 Å². The molecule has 5 nitrogen and oxygen atoms in total. The Bertz CT molecular complexity index is 1020. The van der Waals surface area contributed by atoms with Crippen LogP contribution < -0.4 is 9.80 Å². The van der Waals surface area contributed by atoms with Gasteiger partial charge in [-0.15, -0.1) is 34.0 Å². The predicted molar refractivity (Wildman–Crippen MR) is 139 cm³/mol. The molecule has 3 heterocycles. The van der Waals surface area contributed by atoms with E-state index in [4.69, 9.17) is 26.1 Å². The first-order chi connectivity index (χ1) is 14.3. The molecule has 1 aromatic heterocycles. The van der Waals surface area contributed by atoms with Crippen molar-refractivity contribution >= 4 is 67.8 Å². The Morgan fingerprint density at radius 2 is 1.35 bits per heavy atom. The molecule has 0 radical (unpaired) electrons. The van der Waals surface area contributed by atoms with Crippen molar-refractivity contribution in [3.63, 3.8) is 0 Å². The molecule has 0 N–H and O–H groups in total. The van der Waals surface area contributed by atoms with Crippen molar-refractivity contribution < 1.29 is 9.47 Å². The minimum atomic E-state index is 0. The van der Waals surface area contributed by atoms with E-state index in [1.807, 2.05) is 18.2 Å². The number of nitrogens with zero attached hydrogens (tertiary/aromatic N) is 3. The minimum absolute atomic E-state index is 0. The molecule has 0 saturated carbocycles. The van der Waals surface area contributed by atoms with Crippen molar-refractivity contribution in [2.75, 3.05) is 62.4 Å². The second-order valence-corrected chi connectivity index (χ2v) is 7.84. The molecule has 2 aromatic carbocycles. The lowest BCUT2D eigenvalue weighted by Gasteiger charge is -2.32. The lowest BCUT2D eigenvalue weighted by molar-refractivity contribution is 0.122. The fraction of sp³-hybridized carbons (Fsp3) is 0.348. The maximum Gasteiger partial charge on any atom is 0.0751 e. The smallest absolute Gasteiger partial charge is 0.0751 e. The summed E-state index contributed by atoms with van der Waals surface area (Å²) in [5, 5.41) is 1.90. The van der Waals surface area contributed by atoms with Gasteiger partial charge in [0.05, 0.1) is 37.6 Å². The summed E-state index contributed by atoms with van der Waals surface area (Å²) in [6.07, 6.45) is 0. The summed E-state index contributed by atoms with van der Waals surface area (Å²) in [5.74, 6) is 0. The van der Waals surface area contributed by atoms with E-state index in [9.17, 15) is 0 Å². The highest BCUT2D eigenvalue weighted by Gasteiger charge is 2.20. The minimum Gasteiger partial charge on any atom is -0.378 e. The highest BCUT2D eigenvalue weighted by atomic mass is 79.9. The Balaban J connectivity index is 0.00000136. The highest BCUT2D eigenvalue weighted by Crippen LogP contribution is 2.37. The van der Waals surface area contributed by atoms with E-state index in [1.165, 1.54) is 11.1 Å². The number of ether oxygens (including phenoxy) is 2. The van der Waals surface area contributed by atoms with Crippen LogP contribution in [0.25, 0.3) is 22.2 Å². The van der Waals surface area contributed by atoms with Crippen LogP contribution in [-0.4, -0.2) is 57.6 Å². The van der Waals surface area contributed by atoms with Gasteiger partial charge in [-0.3, -0.25) is 0 Å². The van der Waals surface area contributed by atoms with E-state index < -0.39 is 0 Å². The number of morpholine rings is 2. The third-order valence-corrected chi connectivity index (χ3v) is 5.87. The topological polar surface area (TPSA) is 37.8 Å². The standard InChI is InChI=1S/C23H24ClN3O2.2BrH/c24-17-5-6-22(26-7-11-28-12-8-26)19(15-17)21-16-23(27-9-13-29-14-10-27)18-3-1-2-4-20(18)25-21;;/h1-6,15-16H,7-14H2;2*1H. The quantitative estimate of drug-likeness (QED) is 0.422. The van der Waals surface area contributed by atoms with Crippen LogP contribution in [0, 0.1) is 0 Å². The first-order valence-corrected chi connectivity index (χ1v) is 10.5. The average Bonchev–Trinajstić information content (AvgIpc) is 2.79. The monoisotopic (exact) mass is 569 g/mol. The van der Waals surface area contributed by atoms with Gasteiger partial charge in [-0.1, -0.05) is 29.8 Å². The Morgan fingerprint density at radius 1 is 0.742 bits per heavy atom. The van der Waals surface area contributed by atoms with E-state index in [2.05, 4.69) is 40.1 Å². The fourth-order valence-electron chi connectivity index (χ4n) is 4.15. The summed E-state index contributed by atoms with van der Waals surface area (Å²) in [6, 6.07) is 16.7. The number of hydrogen-bond acceptors (Lipinski definition) is 5. The second kappa shape index (κ2) is 11.0. The van der Waals surface area contributed by atoms with Crippen LogP contribution in [0.3, 0.4) is 0 Å². The van der Waals surface area contributed by atoms with Gasteiger partial charge in [0.25, 0.3) is 0 Å². The SMILES string of the molecule is Br.Br.Clc1ccc(N2CCOCC2)c(-c2cc(N3CCOCC3)c3ccccc3n2)c1. The van der Waals surface area contributed by atoms with Crippen LogP contribution in [0.4, 0.5) is 11.4 Å². The van der Waals surface area contributed by atoms with Crippen molar-refractivity contribution in [3.8, 4) is 11.3 Å². The molecule has 3 aromatic rings. The van der Waals surface area contributed by atoms with Crippen LogP contribution in [0.1, 0.15) is 0 Å². The van der Waals surface area contributed by atoms with Gasteiger partial charge in [0.15, 0.2) is 0 Å². The maximum absolute atomic E-state index is 6.41. The average molecular weight is 572 g/mol.